The van der Waals surface area contributed by atoms with Crippen molar-refractivity contribution in [1.82, 2.24) is 10.2 Å². The van der Waals surface area contributed by atoms with Crippen LogP contribution >= 0.6 is 24.8 Å². The Bertz CT molecular complexity index is 375. The molecule has 0 unspecified atom stereocenters. The summed E-state index contributed by atoms with van der Waals surface area (Å²) in [6.45, 7) is 2.98. The highest BCUT2D eigenvalue weighted by Crippen LogP contribution is 2.13. The first-order valence-electron chi connectivity index (χ1n) is 6.03. The zero-order chi connectivity index (χ0) is 12.1. The van der Waals surface area contributed by atoms with Crippen molar-refractivity contribution in [2.24, 2.45) is 5.73 Å². The Morgan fingerprint density at radius 3 is 2.63 bits per heavy atom. The van der Waals surface area contributed by atoms with Gasteiger partial charge in [0, 0.05) is 25.7 Å². The number of nitrogens with one attached hydrogen (secondary N) is 1. The van der Waals surface area contributed by atoms with Crippen LogP contribution in [0.15, 0.2) is 30.3 Å². The molecule has 0 spiro atoms. The lowest BCUT2D eigenvalue weighted by Gasteiger charge is -2.16. The largest absolute Gasteiger partial charge is 0.351 e. The number of benzene rings is 1. The fourth-order valence-electron chi connectivity index (χ4n) is 2.22. The van der Waals surface area contributed by atoms with Gasteiger partial charge in [0.25, 0.3) is 0 Å². The molecule has 3 N–H and O–H groups in total. The first-order valence-corrected chi connectivity index (χ1v) is 6.03. The third kappa shape index (κ3) is 5.78. The molecule has 1 atom stereocenters. The minimum Gasteiger partial charge on any atom is -0.351 e. The van der Waals surface area contributed by atoms with Crippen molar-refractivity contribution >= 4 is 30.7 Å². The van der Waals surface area contributed by atoms with Gasteiger partial charge in [0.2, 0.25) is 5.91 Å². The molecule has 6 heteroatoms. The number of nitrogens with zero attached hydrogens (tertiary/aromatic N) is 1. The van der Waals surface area contributed by atoms with Crippen molar-refractivity contribution in [3.63, 3.8) is 0 Å². The summed E-state index contributed by atoms with van der Waals surface area (Å²) < 4.78 is 0. The summed E-state index contributed by atoms with van der Waals surface area (Å²) in [6, 6.07) is 10.7. The van der Waals surface area contributed by atoms with Crippen LogP contribution in [0.4, 0.5) is 0 Å². The maximum atomic E-state index is 11.2. The minimum atomic E-state index is -0.0587. The lowest BCUT2D eigenvalue weighted by atomic mass is 10.2. The normalized spacial score (nSPS) is 18.3. The number of halogens is 2. The Balaban J connectivity index is 0.00000162. The van der Waals surface area contributed by atoms with E-state index in [9.17, 15) is 4.79 Å². The van der Waals surface area contributed by atoms with E-state index in [-0.39, 0.29) is 43.3 Å². The highest BCUT2D eigenvalue weighted by Gasteiger charge is 2.23. The summed E-state index contributed by atoms with van der Waals surface area (Å²) >= 11 is 0. The molecule has 0 aliphatic carbocycles. The molecule has 1 aliphatic rings. The predicted octanol–water partition coefficient (Wildman–Crippen LogP) is 1.18. The second-order valence-electron chi connectivity index (χ2n) is 4.48. The van der Waals surface area contributed by atoms with E-state index in [0.717, 1.165) is 26.1 Å². The molecule has 4 nitrogen and oxygen atoms in total. The van der Waals surface area contributed by atoms with E-state index in [4.69, 9.17) is 5.73 Å². The van der Waals surface area contributed by atoms with Gasteiger partial charge in [0.1, 0.15) is 0 Å². The number of carbonyl (C=O) groups excluding carboxylic acids is 1. The second-order valence-corrected chi connectivity index (χ2v) is 4.48. The first-order chi connectivity index (χ1) is 8.28. The summed E-state index contributed by atoms with van der Waals surface area (Å²) in [7, 11) is 0. The van der Waals surface area contributed by atoms with Crippen LogP contribution in [0.1, 0.15) is 12.0 Å². The van der Waals surface area contributed by atoms with Crippen LogP contribution < -0.4 is 11.1 Å². The van der Waals surface area contributed by atoms with E-state index in [1.807, 2.05) is 6.07 Å². The Morgan fingerprint density at radius 1 is 1.32 bits per heavy atom. The molecule has 19 heavy (non-hydrogen) atoms. The Morgan fingerprint density at radius 2 is 2.00 bits per heavy atom. The third-order valence-electron chi connectivity index (χ3n) is 3.07. The van der Waals surface area contributed by atoms with Gasteiger partial charge in [0.05, 0.1) is 6.54 Å². The Hall–Kier alpha value is -0.810. The monoisotopic (exact) mass is 305 g/mol. The molecule has 1 amide bonds. The van der Waals surface area contributed by atoms with Crippen LogP contribution in [0.5, 0.6) is 0 Å². The predicted molar refractivity (Wildman–Crippen MR) is 81.8 cm³/mol. The van der Waals surface area contributed by atoms with E-state index < -0.39 is 0 Å². The average Bonchev–Trinajstić information content (AvgIpc) is 2.77. The van der Waals surface area contributed by atoms with Gasteiger partial charge < -0.3 is 11.1 Å². The van der Waals surface area contributed by atoms with E-state index >= 15 is 0 Å². The van der Waals surface area contributed by atoms with Gasteiger partial charge in [-0.3, -0.25) is 9.69 Å². The molecule has 0 aromatic heterocycles. The number of hydrogen-bond donors (Lipinski definition) is 2. The summed E-state index contributed by atoms with van der Waals surface area (Å²) in [5.41, 5.74) is 6.60. The fourth-order valence-corrected chi connectivity index (χ4v) is 2.22. The van der Waals surface area contributed by atoms with Gasteiger partial charge in [-0.25, -0.2) is 0 Å². The zero-order valence-corrected chi connectivity index (χ0v) is 12.4. The van der Waals surface area contributed by atoms with E-state index in [1.54, 1.807) is 0 Å². The molecule has 0 bridgehead atoms. The molecule has 1 aliphatic heterocycles. The van der Waals surface area contributed by atoms with Gasteiger partial charge in [-0.1, -0.05) is 30.3 Å². The number of amides is 1. The topological polar surface area (TPSA) is 58.4 Å². The van der Waals surface area contributed by atoms with Gasteiger partial charge in [-0.15, -0.1) is 24.8 Å². The standard InChI is InChI=1S/C13H19N3O.2ClH/c14-8-13(17)15-12-6-7-16(10-12)9-11-4-2-1-3-5-11;;/h1-5,12H,6-10,14H2,(H,15,17);2*1H/t12-;;/m1../s1. The summed E-state index contributed by atoms with van der Waals surface area (Å²) in [4.78, 5) is 13.5. The maximum Gasteiger partial charge on any atom is 0.233 e. The first kappa shape index (κ1) is 18.2. The zero-order valence-electron chi connectivity index (χ0n) is 10.7. The van der Waals surface area contributed by atoms with Crippen LogP contribution in [0.3, 0.4) is 0 Å². The van der Waals surface area contributed by atoms with Crippen molar-refractivity contribution in [3.8, 4) is 0 Å². The maximum absolute atomic E-state index is 11.2. The van der Waals surface area contributed by atoms with Crippen LogP contribution in [0.2, 0.25) is 0 Å². The highest BCUT2D eigenvalue weighted by molar-refractivity contribution is 5.85. The molecule has 1 saturated heterocycles. The molecule has 108 valence electrons. The highest BCUT2D eigenvalue weighted by atomic mass is 35.5. The summed E-state index contributed by atoms with van der Waals surface area (Å²) in [6.07, 6.45) is 1.01. The lowest BCUT2D eigenvalue weighted by molar-refractivity contribution is -0.120. The van der Waals surface area contributed by atoms with Crippen molar-refractivity contribution in [3.05, 3.63) is 35.9 Å². The molecule has 1 aromatic carbocycles. The van der Waals surface area contributed by atoms with Gasteiger partial charge >= 0.3 is 0 Å². The van der Waals surface area contributed by atoms with Crippen molar-refractivity contribution in [2.45, 2.75) is 19.0 Å². The van der Waals surface area contributed by atoms with Crippen molar-refractivity contribution in [1.29, 1.82) is 0 Å². The van der Waals surface area contributed by atoms with Crippen molar-refractivity contribution < 1.29 is 4.79 Å². The molecule has 1 heterocycles. The molecule has 0 saturated carbocycles. The summed E-state index contributed by atoms with van der Waals surface area (Å²) in [5.74, 6) is -0.0587. The number of carbonyl (C=O) groups is 1. The molecule has 0 radical (unpaired) electrons. The molecule has 2 rings (SSSR count). The molecule has 1 aromatic rings. The van der Waals surface area contributed by atoms with Gasteiger partial charge in [0.15, 0.2) is 0 Å². The fraction of sp³-hybridized carbons (Fsp3) is 0.462. The molecule has 1 fully saturated rings. The van der Waals surface area contributed by atoms with E-state index in [2.05, 4.69) is 34.5 Å². The Kier molecular flexibility index (Phi) is 8.76. The van der Waals surface area contributed by atoms with Gasteiger partial charge in [-0.05, 0) is 12.0 Å². The summed E-state index contributed by atoms with van der Waals surface area (Å²) in [5, 5.41) is 2.94. The molecular weight excluding hydrogens is 285 g/mol. The van der Waals surface area contributed by atoms with Gasteiger partial charge in [-0.2, -0.15) is 0 Å². The number of rotatable bonds is 4. The SMILES string of the molecule is Cl.Cl.NCC(=O)N[C@@H]1CCN(Cc2ccccc2)C1. The van der Waals surface area contributed by atoms with Crippen LogP contribution in [-0.4, -0.2) is 36.5 Å². The van der Waals surface area contributed by atoms with Crippen molar-refractivity contribution in [2.75, 3.05) is 19.6 Å². The Labute approximate surface area is 126 Å². The van der Waals surface area contributed by atoms with Crippen LogP contribution in [0, 0.1) is 0 Å². The minimum absolute atomic E-state index is 0. The van der Waals surface area contributed by atoms with Crippen LogP contribution in [-0.2, 0) is 11.3 Å². The number of likely N-dealkylation sites (tertiary alicyclic amines) is 1. The smallest absolute Gasteiger partial charge is 0.233 e. The van der Waals surface area contributed by atoms with E-state index in [1.165, 1.54) is 5.56 Å². The van der Waals surface area contributed by atoms with Crippen LogP contribution in [0.25, 0.3) is 0 Å². The lowest BCUT2D eigenvalue weighted by Crippen LogP contribution is -2.40. The average molecular weight is 306 g/mol. The third-order valence-corrected chi connectivity index (χ3v) is 3.07. The van der Waals surface area contributed by atoms with E-state index in [0.29, 0.717) is 0 Å². The quantitative estimate of drug-likeness (QED) is 0.878. The number of nitrogens with two attached hydrogens (primary N) is 1. The number of hydrogen-bond acceptors (Lipinski definition) is 3. The molecular formula is C13H21Cl2N3O. The second kappa shape index (κ2) is 9.15.